The molecule has 1 amide bonds. The molecule has 178 valence electrons. The third-order valence-corrected chi connectivity index (χ3v) is 5.51. The number of hydrogen-bond acceptors (Lipinski definition) is 7. The van der Waals surface area contributed by atoms with Crippen molar-refractivity contribution in [3.63, 3.8) is 0 Å². The highest BCUT2D eigenvalue weighted by molar-refractivity contribution is 5.77. The van der Waals surface area contributed by atoms with Crippen molar-refractivity contribution in [1.82, 2.24) is 15.1 Å². The third kappa shape index (κ3) is 5.16. The lowest BCUT2D eigenvalue weighted by Gasteiger charge is -2.36. The van der Waals surface area contributed by atoms with Crippen molar-refractivity contribution < 1.29 is 27.3 Å². The van der Waals surface area contributed by atoms with Crippen LogP contribution in [0, 0.1) is 10.1 Å². The number of alkyl halides is 3. The van der Waals surface area contributed by atoms with Crippen molar-refractivity contribution in [3.8, 4) is 11.5 Å². The van der Waals surface area contributed by atoms with E-state index in [9.17, 15) is 28.1 Å². The minimum atomic E-state index is -4.67. The number of benzene rings is 2. The van der Waals surface area contributed by atoms with Gasteiger partial charge in [0.25, 0.3) is 5.69 Å². The zero-order chi connectivity index (χ0) is 24.3. The van der Waals surface area contributed by atoms with Gasteiger partial charge in [0.15, 0.2) is 0 Å². The van der Waals surface area contributed by atoms with Crippen LogP contribution in [-0.4, -0.2) is 52.1 Å². The maximum absolute atomic E-state index is 12.9. The molecule has 3 aromatic rings. The van der Waals surface area contributed by atoms with Gasteiger partial charge >= 0.3 is 6.18 Å². The molecule has 1 saturated heterocycles. The molecule has 9 nitrogen and oxygen atoms in total. The Kier molecular flexibility index (Phi) is 6.48. The Balaban J connectivity index is 1.34. The Labute approximate surface area is 191 Å². The highest BCUT2D eigenvalue weighted by Gasteiger charge is 2.34. The van der Waals surface area contributed by atoms with Crippen molar-refractivity contribution >= 4 is 17.3 Å². The van der Waals surface area contributed by atoms with Crippen molar-refractivity contribution in [1.29, 1.82) is 0 Å². The minimum absolute atomic E-state index is 0.101. The summed E-state index contributed by atoms with van der Waals surface area (Å²) in [6.07, 6.45) is -4.26. The molecule has 0 saturated carbocycles. The maximum atomic E-state index is 12.9. The average Bonchev–Trinajstić information content (AvgIpc) is 3.31. The first-order chi connectivity index (χ1) is 16.2. The molecule has 0 radical (unpaired) electrons. The molecule has 1 fully saturated rings. The number of carbonyl (C=O) groups excluding carboxylic acids is 1. The lowest BCUT2D eigenvalue weighted by Crippen LogP contribution is -2.49. The van der Waals surface area contributed by atoms with Crippen LogP contribution in [0.15, 0.2) is 52.9 Å². The van der Waals surface area contributed by atoms with Gasteiger partial charge in [0.1, 0.15) is 5.69 Å². The quantitative estimate of drug-likeness (QED) is 0.393. The lowest BCUT2D eigenvalue weighted by atomic mass is 10.1. The fourth-order valence-electron chi connectivity index (χ4n) is 3.73. The largest absolute Gasteiger partial charge is 0.421 e. The van der Waals surface area contributed by atoms with Crippen LogP contribution in [0.3, 0.4) is 0 Å². The summed E-state index contributed by atoms with van der Waals surface area (Å²) < 4.78 is 44.4. The molecule has 0 N–H and O–H groups in total. The van der Waals surface area contributed by atoms with E-state index >= 15 is 0 Å². The van der Waals surface area contributed by atoms with Crippen LogP contribution in [0.25, 0.3) is 11.5 Å². The molecule has 34 heavy (non-hydrogen) atoms. The first kappa shape index (κ1) is 23.2. The molecule has 2 heterocycles. The summed E-state index contributed by atoms with van der Waals surface area (Å²) in [5, 5.41) is 19.3. The molecule has 4 rings (SSSR count). The number of hydrogen-bond donors (Lipinski definition) is 0. The molecule has 0 aliphatic carbocycles. The Morgan fingerprint density at radius 3 is 2.41 bits per heavy atom. The van der Waals surface area contributed by atoms with Gasteiger partial charge in [-0.25, -0.2) is 0 Å². The van der Waals surface area contributed by atoms with E-state index in [1.54, 1.807) is 9.80 Å². The Morgan fingerprint density at radius 2 is 1.76 bits per heavy atom. The fourth-order valence-corrected chi connectivity index (χ4v) is 3.73. The van der Waals surface area contributed by atoms with Gasteiger partial charge in [-0.15, -0.1) is 10.2 Å². The first-order valence-electron chi connectivity index (χ1n) is 10.5. The number of nitro groups is 1. The standard InChI is InChI=1S/C22H20F3N5O4/c23-22(24,25)16-6-7-17(18(14-16)30(32)33)28-10-12-29(13-11-28)20(31)9-8-19-26-27-21(34-19)15-4-2-1-3-5-15/h1-7,14H,8-13H2. The Hall–Kier alpha value is -3.96. The van der Waals surface area contributed by atoms with Gasteiger partial charge in [-0.2, -0.15) is 13.2 Å². The monoisotopic (exact) mass is 475 g/mol. The summed E-state index contributed by atoms with van der Waals surface area (Å²) in [5.41, 5.74) is -0.807. The predicted molar refractivity (Wildman–Crippen MR) is 115 cm³/mol. The molecule has 0 unspecified atom stereocenters. The number of nitrogens with zero attached hydrogens (tertiary/aromatic N) is 5. The second kappa shape index (κ2) is 9.49. The zero-order valence-electron chi connectivity index (χ0n) is 17.9. The molecule has 1 aliphatic heterocycles. The molecule has 0 spiro atoms. The SMILES string of the molecule is O=C(CCc1nnc(-c2ccccc2)o1)N1CCN(c2ccc(C(F)(F)F)cc2[N+](=O)[O-])CC1. The van der Waals surface area contributed by atoms with Crippen LogP contribution in [-0.2, 0) is 17.4 Å². The van der Waals surface area contributed by atoms with E-state index in [0.717, 1.165) is 17.7 Å². The van der Waals surface area contributed by atoms with Gasteiger partial charge in [-0.3, -0.25) is 14.9 Å². The summed E-state index contributed by atoms with van der Waals surface area (Å²) in [6, 6.07) is 11.7. The summed E-state index contributed by atoms with van der Waals surface area (Å²) in [6.45, 7) is 1.10. The van der Waals surface area contributed by atoms with E-state index in [2.05, 4.69) is 10.2 Å². The first-order valence-corrected chi connectivity index (χ1v) is 10.5. The molecule has 12 heteroatoms. The van der Waals surface area contributed by atoms with Crippen LogP contribution in [0.1, 0.15) is 17.9 Å². The summed E-state index contributed by atoms with van der Waals surface area (Å²) >= 11 is 0. The van der Waals surface area contributed by atoms with E-state index in [1.807, 2.05) is 30.3 Å². The van der Waals surface area contributed by atoms with E-state index in [4.69, 9.17) is 4.42 Å². The number of carbonyl (C=O) groups is 1. The molecule has 1 aliphatic rings. The second-order valence-electron chi connectivity index (χ2n) is 7.69. The highest BCUT2D eigenvalue weighted by Crippen LogP contribution is 2.36. The number of aryl methyl sites for hydroxylation is 1. The second-order valence-corrected chi connectivity index (χ2v) is 7.69. The van der Waals surface area contributed by atoms with Gasteiger partial charge in [0.05, 0.1) is 10.5 Å². The average molecular weight is 475 g/mol. The van der Waals surface area contributed by atoms with E-state index < -0.39 is 22.4 Å². The maximum Gasteiger partial charge on any atom is 0.416 e. The smallest absolute Gasteiger partial charge is 0.416 e. The molecule has 2 aromatic carbocycles. The van der Waals surface area contributed by atoms with Crippen LogP contribution in [0.5, 0.6) is 0 Å². The molecular weight excluding hydrogens is 455 g/mol. The van der Waals surface area contributed by atoms with E-state index in [0.29, 0.717) is 17.8 Å². The lowest BCUT2D eigenvalue weighted by molar-refractivity contribution is -0.384. The number of rotatable bonds is 6. The van der Waals surface area contributed by atoms with Crippen molar-refractivity contribution in [2.45, 2.75) is 19.0 Å². The molecule has 0 atom stereocenters. The number of halogens is 3. The van der Waals surface area contributed by atoms with Crippen LogP contribution < -0.4 is 4.90 Å². The van der Waals surface area contributed by atoms with Crippen LogP contribution in [0.2, 0.25) is 0 Å². The van der Waals surface area contributed by atoms with Crippen molar-refractivity contribution in [2.75, 3.05) is 31.1 Å². The molecule has 0 bridgehead atoms. The highest BCUT2D eigenvalue weighted by atomic mass is 19.4. The fraction of sp³-hybridized carbons (Fsp3) is 0.318. The number of nitro benzene ring substituents is 1. The van der Waals surface area contributed by atoms with Crippen molar-refractivity contribution in [3.05, 3.63) is 70.1 Å². The van der Waals surface area contributed by atoms with Gasteiger partial charge in [-0.1, -0.05) is 18.2 Å². The number of amides is 1. The Bertz CT molecular complexity index is 1170. The Morgan fingerprint density at radius 1 is 1.06 bits per heavy atom. The van der Waals surface area contributed by atoms with Gasteiger partial charge in [-0.05, 0) is 24.3 Å². The third-order valence-electron chi connectivity index (χ3n) is 5.51. The predicted octanol–water partition coefficient (Wildman–Crippen LogP) is 3.95. The number of aromatic nitrogens is 2. The summed E-state index contributed by atoms with van der Waals surface area (Å²) in [4.78, 5) is 26.4. The zero-order valence-corrected chi connectivity index (χ0v) is 17.9. The van der Waals surface area contributed by atoms with E-state index in [-0.39, 0.29) is 50.6 Å². The van der Waals surface area contributed by atoms with Gasteiger partial charge in [0, 0.05) is 50.7 Å². The summed E-state index contributed by atoms with van der Waals surface area (Å²) in [5.74, 6) is 0.571. The van der Waals surface area contributed by atoms with Crippen molar-refractivity contribution in [2.24, 2.45) is 0 Å². The molecule has 1 aromatic heterocycles. The number of anilines is 1. The van der Waals surface area contributed by atoms with E-state index in [1.165, 1.54) is 0 Å². The normalized spacial score (nSPS) is 14.3. The van der Waals surface area contributed by atoms with Gasteiger partial charge < -0.3 is 14.2 Å². The summed E-state index contributed by atoms with van der Waals surface area (Å²) in [7, 11) is 0. The minimum Gasteiger partial charge on any atom is -0.421 e. The number of piperazine rings is 1. The van der Waals surface area contributed by atoms with Crippen LogP contribution in [0.4, 0.5) is 24.5 Å². The topological polar surface area (TPSA) is 106 Å². The van der Waals surface area contributed by atoms with Crippen LogP contribution >= 0.6 is 0 Å². The molecular formula is C22H20F3N5O4. The van der Waals surface area contributed by atoms with Gasteiger partial charge in [0.2, 0.25) is 17.7 Å².